The first-order valence-electron chi connectivity index (χ1n) is 6.35. The van der Waals surface area contributed by atoms with Crippen molar-refractivity contribution in [1.29, 1.82) is 0 Å². The van der Waals surface area contributed by atoms with Gasteiger partial charge < -0.3 is 9.47 Å². The molecule has 1 fully saturated rings. The van der Waals surface area contributed by atoms with Crippen LogP contribution in [0.3, 0.4) is 0 Å². The molecule has 0 unspecified atom stereocenters. The molecule has 1 aliphatic rings. The predicted octanol–water partition coefficient (Wildman–Crippen LogP) is 1.77. The third kappa shape index (κ3) is 3.45. The van der Waals surface area contributed by atoms with Gasteiger partial charge in [0, 0.05) is 0 Å². The Labute approximate surface area is 141 Å². The third-order valence-corrected chi connectivity index (χ3v) is 3.59. The molecule has 1 heterocycles. The number of carbonyl (C=O) groups is 2. The Morgan fingerprint density at radius 3 is 2.45 bits per heavy atom. The van der Waals surface area contributed by atoms with Gasteiger partial charge in [-0.25, -0.2) is 0 Å². The van der Waals surface area contributed by atoms with Crippen LogP contribution in [-0.2, 0) is 9.59 Å². The monoisotopic (exact) mass is 384 g/mol. The minimum absolute atomic E-state index is 0.00222. The number of carbonyl (C=O) groups excluding carboxylic acids is 2. The van der Waals surface area contributed by atoms with Crippen LogP contribution in [0.15, 0.2) is 22.2 Å². The lowest BCUT2D eigenvalue weighted by atomic mass is 10.1. The highest BCUT2D eigenvalue weighted by atomic mass is 79.9. The van der Waals surface area contributed by atoms with E-state index in [2.05, 4.69) is 26.6 Å². The number of ether oxygens (including phenoxy) is 2. The molecule has 0 aromatic heterocycles. The maximum atomic E-state index is 11.8. The van der Waals surface area contributed by atoms with Crippen LogP contribution in [0.5, 0.6) is 11.5 Å². The van der Waals surface area contributed by atoms with Crippen LogP contribution >= 0.6 is 28.1 Å². The number of rotatable bonds is 4. The normalized spacial score (nSPS) is 14.3. The zero-order chi connectivity index (χ0) is 16.3. The van der Waals surface area contributed by atoms with Crippen molar-refractivity contribution in [3.8, 4) is 11.5 Å². The molecule has 1 aromatic carbocycles. The van der Waals surface area contributed by atoms with Crippen LogP contribution in [0.2, 0.25) is 0 Å². The number of hydrogen-bond donors (Lipinski definition) is 2. The lowest BCUT2D eigenvalue weighted by molar-refractivity contribution is -0.123. The second-order valence-electron chi connectivity index (χ2n) is 4.26. The van der Waals surface area contributed by atoms with Crippen molar-refractivity contribution in [3.63, 3.8) is 0 Å². The molecular formula is C14H13BrN2O4S. The first kappa shape index (κ1) is 16.4. The first-order chi connectivity index (χ1) is 10.5. The highest BCUT2D eigenvalue weighted by molar-refractivity contribution is 9.10. The second-order valence-corrected chi connectivity index (χ2v) is 5.53. The van der Waals surface area contributed by atoms with E-state index in [1.807, 2.05) is 6.92 Å². The zero-order valence-corrected chi connectivity index (χ0v) is 14.3. The fraction of sp³-hybridized carbons (Fsp3) is 0.214. The molecule has 0 radical (unpaired) electrons. The Balaban J connectivity index is 2.43. The van der Waals surface area contributed by atoms with Gasteiger partial charge in [0.2, 0.25) is 0 Å². The van der Waals surface area contributed by atoms with Crippen LogP contribution in [0.25, 0.3) is 6.08 Å². The van der Waals surface area contributed by atoms with Crippen molar-refractivity contribution < 1.29 is 19.1 Å². The fourth-order valence-electron chi connectivity index (χ4n) is 1.88. The van der Waals surface area contributed by atoms with Crippen molar-refractivity contribution in [1.82, 2.24) is 10.6 Å². The topological polar surface area (TPSA) is 76.7 Å². The molecule has 0 aliphatic carbocycles. The summed E-state index contributed by atoms with van der Waals surface area (Å²) in [6.07, 6.45) is 1.45. The molecule has 6 nitrogen and oxygen atoms in total. The summed E-state index contributed by atoms with van der Waals surface area (Å²) in [6, 6.07) is 3.41. The molecule has 0 atom stereocenters. The molecule has 0 spiro atoms. The van der Waals surface area contributed by atoms with Crippen molar-refractivity contribution in [2.45, 2.75) is 6.92 Å². The van der Waals surface area contributed by atoms with E-state index in [9.17, 15) is 9.59 Å². The lowest BCUT2D eigenvalue weighted by Crippen LogP contribution is -2.51. The van der Waals surface area contributed by atoms with Crippen molar-refractivity contribution in [2.24, 2.45) is 0 Å². The third-order valence-electron chi connectivity index (χ3n) is 2.79. The molecule has 0 saturated carbocycles. The van der Waals surface area contributed by atoms with Gasteiger partial charge in [0.1, 0.15) is 5.57 Å². The summed E-state index contributed by atoms with van der Waals surface area (Å²) in [6.45, 7) is 2.35. The van der Waals surface area contributed by atoms with Gasteiger partial charge in [0.15, 0.2) is 16.6 Å². The first-order valence-corrected chi connectivity index (χ1v) is 7.55. The fourth-order valence-corrected chi connectivity index (χ4v) is 2.64. The number of thiocarbonyl (C=S) groups is 1. The molecule has 22 heavy (non-hydrogen) atoms. The van der Waals surface area contributed by atoms with E-state index in [-0.39, 0.29) is 10.7 Å². The molecule has 1 aromatic rings. The van der Waals surface area contributed by atoms with Crippen LogP contribution in [0, 0.1) is 0 Å². The summed E-state index contributed by atoms with van der Waals surface area (Å²) in [4.78, 5) is 23.7. The molecule has 1 saturated heterocycles. The van der Waals surface area contributed by atoms with Gasteiger partial charge in [0.05, 0.1) is 18.2 Å². The highest BCUT2D eigenvalue weighted by Crippen LogP contribution is 2.37. The van der Waals surface area contributed by atoms with E-state index < -0.39 is 11.8 Å². The Morgan fingerprint density at radius 1 is 1.27 bits per heavy atom. The summed E-state index contributed by atoms with van der Waals surface area (Å²) < 4.78 is 11.4. The summed E-state index contributed by atoms with van der Waals surface area (Å²) in [5, 5.41) is 4.76. The van der Waals surface area contributed by atoms with Gasteiger partial charge in [-0.1, -0.05) is 0 Å². The number of benzene rings is 1. The minimum atomic E-state index is -0.544. The Bertz CT molecular complexity index is 666. The van der Waals surface area contributed by atoms with Gasteiger partial charge in [0.25, 0.3) is 11.8 Å². The molecule has 2 amide bonds. The summed E-state index contributed by atoms with van der Waals surface area (Å²) in [5.74, 6) is -0.0310. The van der Waals surface area contributed by atoms with Gasteiger partial charge in [-0.2, -0.15) is 0 Å². The number of halogens is 1. The molecule has 8 heteroatoms. The smallest absolute Gasteiger partial charge is 0.263 e. The average molecular weight is 385 g/mol. The van der Waals surface area contributed by atoms with Crippen molar-refractivity contribution >= 4 is 51.2 Å². The summed E-state index contributed by atoms with van der Waals surface area (Å²) in [5.41, 5.74) is 0.576. The van der Waals surface area contributed by atoms with E-state index in [0.29, 0.717) is 28.1 Å². The van der Waals surface area contributed by atoms with Crippen LogP contribution in [-0.4, -0.2) is 30.6 Å². The van der Waals surface area contributed by atoms with Gasteiger partial charge in [-0.15, -0.1) is 0 Å². The number of hydrogen-bond acceptors (Lipinski definition) is 5. The molecule has 1 aliphatic heterocycles. The molecular weight excluding hydrogens is 372 g/mol. The van der Waals surface area contributed by atoms with E-state index in [0.717, 1.165) is 0 Å². The molecule has 116 valence electrons. The molecule has 2 N–H and O–H groups in total. The van der Waals surface area contributed by atoms with Crippen LogP contribution in [0.4, 0.5) is 0 Å². The largest absolute Gasteiger partial charge is 0.493 e. The van der Waals surface area contributed by atoms with E-state index in [1.54, 1.807) is 12.1 Å². The lowest BCUT2D eigenvalue weighted by Gasteiger charge is -2.17. The maximum Gasteiger partial charge on any atom is 0.263 e. The second kappa shape index (κ2) is 6.89. The number of nitrogens with one attached hydrogen (secondary N) is 2. The molecule has 2 rings (SSSR count). The van der Waals surface area contributed by atoms with Crippen molar-refractivity contribution in [2.75, 3.05) is 13.7 Å². The minimum Gasteiger partial charge on any atom is -0.493 e. The predicted molar refractivity (Wildman–Crippen MR) is 88.7 cm³/mol. The average Bonchev–Trinajstić information content (AvgIpc) is 2.45. The number of methoxy groups -OCH3 is 1. The SMILES string of the molecule is CCOc1c(Br)cc(C=C2C(=O)NC(=S)NC2=O)cc1OC. The Hall–Kier alpha value is -1.93. The van der Waals surface area contributed by atoms with E-state index in [4.69, 9.17) is 21.7 Å². The van der Waals surface area contributed by atoms with Crippen LogP contribution < -0.4 is 20.1 Å². The number of amides is 2. The van der Waals surface area contributed by atoms with E-state index >= 15 is 0 Å². The molecule has 0 bridgehead atoms. The maximum absolute atomic E-state index is 11.8. The van der Waals surface area contributed by atoms with Crippen LogP contribution in [0.1, 0.15) is 12.5 Å². The Morgan fingerprint density at radius 2 is 1.91 bits per heavy atom. The zero-order valence-electron chi connectivity index (χ0n) is 11.9. The summed E-state index contributed by atoms with van der Waals surface area (Å²) in [7, 11) is 1.51. The van der Waals surface area contributed by atoms with Crippen molar-refractivity contribution in [3.05, 3.63) is 27.7 Å². The standard InChI is InChI=1S/C14H13BrN2O4S/c1-3-21-11-9(15)5-7(6-10(11)20-2)4-8-12(18)16-14(22)17-13(8)19/h4-6H,3H2,1-2H3,(H2,16,17,18,19,22). The van der Waals surface area contributed by atoms with Gasteiger partial charge in [-0.05, 0) is 58.8 Å². The Kier molecular flexibility index (Phi) is 5.15. The van der Waals surface area contributed by atoms with E-state index in [1.165, 1.54) is 13.2 Å². The van der Waals surface area contributed by atoms with Gasteiger partial charge in [-0.3, -0.25) is 20.2 Å². The quantitative estimate of drug-likeness (QED) is 0.470. The summed E-state index contributed by atoms with van der Waals surface area (Å²) >= 11 is 8.14. The highest BCUT2D eigenvalue weighted by Gasteiger charge is 2.25. The van der Waals surface area contributed by atoms with Gasteiger partial charge >= 0.3 is 0 Å².